The van der Waals surface area contributed by atoms with E-state index in [0.29, 0.717) is 6.42 Å². The Balaban J connectivity index is 3.82. The molecule has 0 bridgehead atoms. The molecular weight excluding hydrogens is 160 g/mol. The highest BCUT2D eigenvalue weighted by Gasteiger charge is 2.25. The van der Waals surface area contributed by atoms with Gasteiger partial charge in [-0.2, -0.15) is 11.8 Å². The fraction of sp³-hybridized carbons (Fsp3) is 0.875. The van der Waals surface area contributed by atoms with E-state index in [1.165, 1.54) is 0 Å². The van der Waals surface area contributed by atoms with E-state index in [1.54, 1.807) is 32.7 Å². The van der Waals surface area contributed by atoms with Crippen LogP contribution in [-0.2, 0) is 9.53 Å². The highest BCUT2D eigenvalue weighted by atomic mass is 32.2. The van der Waals surface area contributed by atoms with Crippen molar-refractivity contribution < 1.29 is 9.53 Å². The molecule has 0 aliphatic rings. The molecule has 0 aromatic heterocycles. The van der Waals surface area contributed by atoms with Gasteiger partial charge < -0.3 is 4.74 Å². The number of hydrogen-bond donors (Lipinski definition) is 0. The number of methoxy groups -OCH3 is 1. The van der Waals surface area contributed by atoms with Gasteiger partial charge in [-0.15, -0.1) is 0 Å². The summed E-state index contributed by atoms with van der Waals surface area (Å²) in [4.78, 5) is 11.3. The van der Waals surface area contributed by atoms with Crippen LogP contribution in [0.3, 0.4) is 0 Å². The SMILES string of the molecule is COC(C)(C)C(=O)CCSC. The number of hydrogen-bond acceptors (Lipinski definition) is 3. The smallest absolute Gasteiger partial charge is 0.164 e. The molecule has 11 heavy (non-hydrogen) atoms. The van der Waals surface area contributed by atoms with Crippen LogP contribution >= 0.6 is 11.8 Å². The van der Waals surface area contributed by atoms with Crippen molar-refractivity contribution in [1.29, 1.82) is 0 Å². The summed E-state index contributed by atoms with van der Waals surface area (Å²) >= 11 is 1.68. The summed E-state index contributed by atoms with van der Waals surface area (Å²) in [6.45, 7) is 3.60. The lowest BCUT2D eigenvalue weighted by Gasteiger charge is -2.20. The van der Waals surface area contributed by atoms with Crippen LogP contribution in [0.5, 0.6) is 0 Å². The number of thioether (sulfide) groups is 1. The predicted octanol–water partition coefficient (Wildman–Crippen LogP) is 1.73. The summed E-state index contributed by atoms with van der Waals surface area (Å²) < 4.78 is 5.04. The summed E-state index contributed by atoms with van der Waals surface area (Å²) in [6.07, 6.45) is 2.59. The second-order valence-corrected chi connectivity index (χ2v) is 3.87. The maximum atomic E-state index is 11.3. The normalized spacial score (nSPS) is 11.6. The van der Waals surface area contributed by atoms with Crippen molar-refractivity contribution in [2.75, 3.05) is 19.1 Å². The van der Waals surface area contributed by atoms with Crippen molar-refractivity contribution in [3.8, 4) is 0 Å². The molecule has 0 rings (SSSR count). The van der Waals surface area contributed by atoms with Crippen LogP contribution in [-0.4, -0.2) is 30.5 Å². The zero-order valence-electron chi connectivity index (χ0n) is 7.64. The van der Waals surface area contributed by atoms with Gasteiger partial charge in [0.05, 0.1) is 0 Å². The molecule has 66 valence electrons. The summed E-state index contributed by atoms with van der Waals surface area (Å²) in [6, 6.07) is 0. The van der Waals surface area contributed by atoms with Gasteiger partial charge in [0.1, 0.15) is 5.60 Å². The van der Waals surface area contributed by atoms with Gasteiger partial charge in [0.25, 0.3) is 0 Å². The van der Waals surface area contributed by atoms with Crippen LogP contribution in [0, 0.1) is 0 Å². The van der Waals surface area contributed by atoms with Gasteiger partial charge in [-0.3, -0.25) is 4.79 Å². The maximum absolute atomic E-state index is 11.3. The molecule has 0 aliphatic carbocycles. The Bertz CT molecular complexity index is 132. The maximum Gasteiger partial charge on any atom is 0.164 e. The van der Waals surface area contributed by atoms with Gasteiger partial charge in [0, 0.05) is 19.3 Å². The lowest BCUT2D eigenvalue weighted by Crippen LogP contribution is -2.33. The molecule has 0 aromatic rings. The molecule has 0 atom stereocenters. The first-order valence-electron chi connectivity index (χ1n) is 3.62. The van der Waals surface area contributed by atoms with Crippen LogP contribution in [0.15, 0.2) is 0 Å². The summed E-state index contributed by atoms with van der Waals surface area (Å²) in [7, 11) is 1.57. The Labute approximate surface area is 72.7 Å². The quantitative estimate of drug-likeness (QED) is 0.638. The third-order valence-corrected chi connectivity index (χ3v) is 2.33. The molecule has 0 spiro atoms. The monoisotopic (exact) mass is 176 g/mol. The van der Waals surface area contributed by atoms with Gasteiger partial charge in [0.15, 0.2) is 5.78 Å². The Morgan fingerprint density at radius 2 is 2.09 bits per heavy atom. The molecule has 2 nitrogen and oxygen atoms in total. The highest BCUT2D eigenvalue weighted by molar-refractivity contribution is 7.98. The third kappa shape index (κ3) is 3.77. The molecule has 0 aliphatic heterocycles. The van der Waals surface area contributed by atoms with Crippen molar-refractivity contribution in [1.82, 2.24) is 0 Å². The molecule has 0 aromatic carbocycles. The lowest BCUT2D eigenvalue weighted by atomic mass is 10.0. The largest absolute Gasteiger partial charge is 0.371 e. The summed E-state index contributed by atoms with van der Waals surface area (Å²) in [5, 5.41) is 0. The number of carbonyl (C=O) groups excluding carboxylic acids is 1. The number of ether oxygens (including phenoxy) is 1. The van der Waals surface area contributed by atoms with Crippen LogP contribution in [0.25, 0.3) is 0 Å². The van der Waals surface area contributed by atoms with Gasteiger partial charge in [-0.25, -0.2) is 0 Å². The third-order valence-electron chi connectivity index (χ3n) is 1.72. The Kier molecular flexibility index (Phi) is 4.77. The molecule has 0 fully saturated rings. The van der Waals surface area contributed by atoms with Crippen molar-refractivity contribution in [3.63, 3.8) is 0 Å². The topological polar surface area (TPSA) is 26.3 Å². The number of Topliss-reactive ketones (excluding diaryl/α,β-unsaturated/α-hetero) is 1. The average Bonchev–Trinajstić information content (AvgIpc) is 2.00. The zero-order chi connectivity index (χ0) is 8.91. The molecular formula is C8H16O2S. The van der Waals surface area contributed by atoms with Crippen molar-refractivity contribution >= 4 is 17.5 Å². The predicted molar refractivity (Wildman–Crippen MR) is 49.1 cm³/mol. The number of ketones is 1. The van der Waals surface area contributed by atoms with E-state index in [2.05, 4.69) is 0 Å². The van der Waals surface area contributed by atoms with Crippen molar-refractivity contribution in [2.24, 2.45) is 0 Å². The minimum absolute atomic E-state index is 0.175. The first-order valence-corrected chi connectivity index (χ1v) is 5.01. The first kappa shape index (κ1) is 11.0. The molecule has 0 heterocycles. The number of rotatable bonds is 5. The molecule has 0 unspecified atom stereocenters. The van der Waals surface area contributed by atoms with E-state index < -0.39 is 5.60 Å². The number of carbonyl (C=O) groups is 1. The van der Waals surface area contributed by atoms with E-state index in [9.17, 15) is 4.79 Å². The molecule has 0 radical (unpaired) electrons. The first-order chi connectivity index (χ1) is 5.04. The van der Waals surface area contributed by atoms with Crippen LogP contribution in [0.2, 0.25) is 0 Å². The Hall–Kier alpha value is -0.0200. The van der Waals surface area contributed by atoms with Crippen molar-refractivity contribution in [2.45, 2.75) is 25.9 Å². The molecule has 0 N–H and O–H groups in total. The molecule has 0 saturated heterocycles. The van der Waals surface area contributed by atoms with Crippen LogP contribution in [0.4, 0.5) is 0 Å². The lowest BCUT2D eigenvalue weighted by molar-refractivity contribution is -0.136. The van der Waals surface area contributed by atoms with Gasteiger partial charge >= 0.3 is 0 Å². The van der Waals surface area contributed by atoms with Gasteiger partial charge in [-0.1, -0.05) is 0 Å². The average molecular weight is 176 g/mol. The van der Waals surface area contributed by atoms with E-state index in [4.69, 9.17) is 4.74 Å². The second kappa shape index (κ2) is 4.78. The second-order valence-electron chi connectivity index (χ2n) is 2.88. The van der Waals surface area contributed by atoms with E-state index in [-0.39, 0.29) is 5.78 Å². The van der Waals surface area contributed by atoms with Crippen LogP contribution < -0.4 is 0 Å². The van der Waals surface area contributed by atoms with Crippen LogP contribution in [0.1, 0.15) is 20.3 Å². The Morgan fingerprint density at radius 1 is 1.55 bits per heavy atom. The van der Waals surface area contributed by atoms with E-state index in [0.717, 1.165) is 5.75 Å². The van der Waals surface area contributed by atoms with Crippen molar-refractivity contribution in [3.05, 3.63) is 0 Å². The van der Waals surface area contributed by atoms with Gasteiger partial charge in [-0.05, 0) is 20.1 Å². The van der Waals surface area contributed by atoms with E-state index >= 15 is 0 Å². The zero-order valence-corrected chi connectivity index (χ0v) is 8.46. The molecule has 0 saturated carbocycles. The molecule has 3 heteroatoms. The minimum atomic E-state index is -0.601. The minimum Gasteiger partial charge on any atom is -0.371 e. The Morgan fingerprint density at radius 3 is 2.45 bits per heavy atom. The highest BCUT2D eigenvalue weighted by Crippen LogP contribution is 2.12. The fourth-order valence-corrected chi connectivity index (χ4v) is 0.999. The summed E-state index contributed by atoms with van der Waals surface area (Å²) in [5.74, 6) is 1.06. The summed E-state index contributed by atoms with van der Waals surface area (Å²) in [5.41, 5.74) is -0.601. The van der Waals surface area contributed by atoms with Gasteiger partial charge in [0.2, 0.25) is 0 Å². The molecule has 0 amide bonds. The fourth-order valence-electron chi connectivity index (χ4n) is 0.610. The van der Waals surface area contributed by atoms with E-state index in [1.807, 2.05) is 6.26 Å². The standard InChI is InChI=1S/C8H16O2S/c1-8(2,10-3)7(9)5-6-11-4/h5-6H2,1-4H3.